The lowest BCUT2D eigenvalue weighted by Gasteiger charge is -2.20. The fraction of sp³-hybridized carbons (Fsp3) is 0.364. The number of hydrogen-bond acceptors (Lipinski definition) is 2. The molecule has 0 heterocycles. The molecule has 88 valence electrons. The smallest absolute Gasteiger partial charge is 0.212 e. The molecule has 16 heavy (non-hydrogen) atoms. The van der Waals surface area contributed by atoms with Crippen LogP contribution in [0.2, 0.25) is 0 Å². The molecule has 0 aliphatic rings. The second-order valence-corrected chi connectivity index (χ2v) is 3.39. The van der Waals surface area contributed by atoms with Crippen molar-refractivity contribution in [2.45, 2.75) is 13.3 Å². The van der Waals surface area contributed by atoms with E-state index in [0.717, 1.165) is 12.1 Å². The molecule has 0 aliphatic heterocycles. The minimum atomic E-state index is -0.259. The summed E-state index contributed by atoms with van der Waals surface area (Å²) in [7, 11) is 1.82. The summed E-state index contributed by atoms with van der Waals surface area (Å²) in [4.78, 5) is 6.05. The third kappa shape index (κ3) is 3.20. The summed E-state index contributed by atoms with van der Waals surface area (Å²) < 4.78 is 12.7. The van der Waals surface area contributed by atoms with E-state index in [1.807, 2.05) is 14.0 Å². The van der Waals surface area contributed by atoms with E-state index >= 15 is 0 Å². The van der Waals surface area contributed by atoms with Gasteiger partial charge >= 0.3 is 0 Å². The van der Waals surface area contributed by atoms with Crippen LogP contribution in [-0.2, 0) is 0 Å². The summed E-state index contributed by atoms with van der Waals surface area (Å²) in [6.45, 7) is 2.74. The third-order valence-electron chi connectivity index (χ3n) is 2.15. The number of rotatable bonds is 3. The van der Waals surface area contributed by atoms with Crippen LogP contribution in [0.5, 0.6) is 0 Å². The topological polar surface area (TPSA) is 53.6 Å². The first-order valence-electron chi connectivity index (χ1n) is 5.19. The van der Waals surface area contributed by atoms with Crippen molar-refractivity contribution in [2.75, 3.05) is 18.5 Å². The van der Waals surface area contributed by atoms with Gasteiger partial charge in [-0.1, -0.05) is 6.92 Å². The van der Waals surface area contributed by atoms with Crippen molar-refractivity contribution in [1.82, 2.24) is 5.43 Å². The molecule has 1 aromatic carbocycles. The molecular formula is C11H17FN4. The molecule has 0 unspecified atom stereocenters. The number of nitrogens with one attached hydrogen (secondary N) is 1. The fourth-order valence-corrected chi connectivity index (χ4v) is 1.25. The summed E-state index contributed by atoms with van der Waals surface area (Å²) in [6.07, 6.45) is 0.947. The van der Waals surface area contributed by atoms with Crippen molar-refractivity contribution in [3.8, 4) is 0 Å². The summed E-state index contributed by atoms with van der Waals surface area (Å²) in [5.41, 5.74) is 3.36. The van der Waals surface area contributed by atoms with Gasteiger partial charge in [0.25, 0.3) is 0 Å². The van der Waals surface area contributed by atoms with Gasteiger partial charge in [0.2, 0.25) is 5.96 Å². The molecule has 0 atom stereocenters. The molecular weight excluding hydrogens is 207 g/mol. The number of hydrogen-bond donors (Lipinski definition) is 2. The van der Waals surface area contributed by atoms with E-state index in [-0.39, 0.29) is 5.82 Å². The number of anilines is 1. The largest absolute Gasteiger partial charge is 0.315 e. The molecule has 0 fully saturated rings. The predicted molar refractivity (Wildman–Crippen MR) is 64.7 cm³/mol. The van der Waals surface area contributed by atoms with E-state index in [1.165, 1.54) is 12.1 Å². The van der Waals surface area contributed by atoms with Crippen molar-refractivity contribution in [3.05, 3.63) is 30.1 Å². The minimum Gasteiger partial charge on any atom is -0.315 e. The number of hydrazine groups is 1. The van der Waals surface area contributed by atoms with E-state index in [0.29, 0.717) is 12.5 Å². The Hall–Kier alpha value is -1.62. The van der Waals surface area contributed by atoms with Crippen molar-refractivity contribution in [2.24, 2.45) is 10.8 Å². The van der Waals surface area contributed by atoms with E-state index in [1.54, 1.807) is 17.0 Å². The highest BCUT2D eigenvalue weighted by Gasteiger charge is 2.06. The van der Waals surface area contributed by atoms with E-state index < -0.39 is 0 Å². The highest BCUT2D eigenvalue weighted by atomic mass is 19.1. The van der Waals surface area contributed by atoms with Crippen molar-refractivity contribution < 1.29 is 4.39 Å². The van der Waals surface area contributed by atoms with Gasteiger partial charge in [0.1, 0.15) is 5.82 Å². The molecule has 0 saturated heterocycles. The molecule has 0 spiro atoms. The minimum absolute atomic E-state index is 0.259. The van der Waals surface area contributed by atoms with Crippen molar-refractivity contribution in [3.63, 3.8) is 0 Å². The molecule has 0 aromatic heterocycles. The van der Waals surface area contributed by atoms with Crippen LogP contribution >= 0.6 is 0 Å². The number of halogens is 1. The van der Waals surface area contributed by atoms with Gasteiger partial charge in [0.15, 0.2) is 0 Å². The van der Waals surface area contributed by atoms with Crippen LogP contribution in [0.4, 0.5) is 10.1 Å². The van der Waals surface area contributed by atoms with Crippen LogP contribution in [0.1, 0.15) is 13.3 Å². The van der Waals surface area contributed by atoms with Gasteiger partial charge in [-0.15, -0.1) is 0 Å². The van der Waals surface area contributed by atoms with Gasteiger partial charge in [-0.2, -0.15) is 0 Å². The Morgan fingerprint density at radius 2 is 2.06 bits per heavy atom. The lowest BCUT2D eigenvalue weighted by molar-refractivity contribution is 0.628. The van der Waals surface area contributed by atoms with Crippen LogP contribution in [-0.4, -0.2) is 19.6 Å². The second kappa shape index (κ2) is 6.07. The Kier molecular flexibility index (Phi) is 4.72. The number of nitrogens with zero attached hydrogens (tertiary/aromatic N) is 2. The van der Waals surface area contributed by atoms with Crippen LogP contribution in [0.15, 0.2) is 29.3 Å². The lowest BCUT2D eigenvalue weighted by Crippen LogP contribution is -2.43. The summed E-state index contributed by atoms with van der Waals surface area (Å²) in [5.74, 6) is 5.69. The highest BCUT2D eigenvalue weighted by molar-refractivity contribution is 5.95. The Morgan fingerprint density at radius 1 is 1.44 bits per heavy atom. The summed E-state index contributed by atoms with van der Waals surface area (Å²) in [6, 6.07) is 6.15. The van der Waals surface area contributed by atoms with E-state index in [4.69, 9.17) is 5.84 Å². The summed E-state index contributed by atoms with van der Waals surface area (Å²) in [5, 5.41) is 0. The first kappa shape index (κ1) is 12.4. The summed E-state index contributed by atoms with van der Waals surface area (Å²) >= 11 is 0. The SMILES string of the molecule is CCCN=C(NN)N(C)c1ccc(F)cc1. The molecule has 0 amide bonds. The Bertz CT molecular complexity index is 348. The molecule has 5 heteroatoms. The number of aliphatic imine (C=N–C) groups is 1. The Labute approximate surface area is 94.9 Å². The van der Waals surface area contributed by atoms with Gasteiger partial charge in [0, 0.05) is 19.3 Å². The van der Waals surface area contributed by atoms with Gasteiger partial charge in [-0.3, -0.25) is 10.4 Å². The maximum absolute atomic E-state index is 12.7. The first-order chi connectivity index (χ1) is 7.69. The average molecular weight is 224 g/mol. The quantitative estimate of drug-likeness (QED) is 0.354. The first-order valence-corrected chi connectivity index (χ1v) is 5.19. The van der Waals surface area contributed by atoms with E-state index in [9.17, 15) is 4.39 Å². The molecule has 4 nitrogen and oxygen atoms in total. The lowest BCUT2D eigenvalue weighted by atomic mass is 10.3. The highest BCUT2D eigenvalue weighted by Crippen LogP contribution is 2.12. The van der Waals surface area contributed by atoms with Gasteiger partial charge < -0.3 is 4.90 Å². The molecule has 1 aromatic rings. The molecule has 3 N–H and O–H groups in total. The van der Waals surface area contributed by atoms with Crippen molar-refractivity contribution >= 4 is 11.6 Å². The van der Waals surface area contributed by atoms with Crippen LogP contribution in [0.3, 0.4) is 0 Å². The number of guanidine groups is 1. The maximum Gasteiger partial charge on any atom is 0.212 e. The van der Waals surface area contributed by atoms with Crippen LogP contribution in [0.25, 0.3) is 0 Å². The second-order valence-electron chi connectivity index (χ2n) is 3.39. The Morgan fingerprint density at radius 3 is 2.56 bits per heavy atom. The molecule has 0 aliphatic carbocycles. The van der Waals surface area contributed by atoms with Crippen molar-refractivity contribution in [1.29, 1.82) is 0 Å². The molecule has 0 saturated carbocycles. The standard InChI is InChI=1S/C11H17FN4/c1-3-8-14-11(15-13)16(2)10-6-4-9(12)5-7-10/h4-7H,3,8,13H2,1-2H3,(H,14,15). The van der Waals surface area contributed by atoms with Crippen LogP contribution < -0.4 is 16.2 Å². The van der Waals surface area contributed by atoms with Gasteiger partial charge in [0.05, 0.1) is 0 Å². The molecule has 0 radical (unpaired) electrons. The number of nitrogens with two attached hydrogens (primary N) is 1. The van der Waals surface area contributed by atoms with Gasteiger partial charge in [-0.05, 0) is 30.7 Å². The normalized spacial score (nSPS) is 11.4. The third-order valence-corrected chi connectivity index (χ3v) is 2.15. The molecule has 0 bridgehead atoms. The zero-order chi connectivity index (χ0) is 12.0. The number of benzene rings is 1. The zero-order valence-corrected chi connectivity index (χ0v) is 9.57. The fourth-order valence-electron chi connectivity index (χ4n) is 1.25. The predicted octanol–water partition coefficient (Wildman–Crippen LogP) is 1.49. The monoisotopic (exact) mass is 224 g/mol. The Balaban J connectivity index is 2.82. The zero-order valence-electron chi connectivity index (χ0n) is 9.57. The average Bonchev–Trinajstić information content (AvgIpc) is 2.30. The van der Waals surface area contributed by atoms with Crippen LogP contribution in [0, 0.1) is 5.82 Å². The van der Waals surface area contributed by atoms with Gasteiger partial charge in [-0.25, -0.2) is 10.2 Å². The van der Waals surface area contributed by atoms with E-state index in [2.05, 4.69) is 10.4 Å². The maximum atomic E-state index is 12.7. The molecule has 1 rings (SSSR count).